The molecule has 86 valence electrons. The third kappa shape index (κ3) is 5.61. The Bertz CT molecular complexity index is 132. The van der Waals surface area contributed by atoms with Crippen molar-refractivity contribution in [1.82, 2.24) is 0 Å². The van der Waals surface area contributed by atoms with Crippen molar-refractivity contribution >= 4 is 0 Å². The van der Waals surface area contributed by atoms with Crippen molar-refractivity contribution in [1.29, 1.82) is 0 Å². The molecule has 2 N–H and O–H groups in total. The smallest absolute Gasteiger partial charge is 0.0877 e. The first-order valence-corrected chi connectivity index (χ1v) is 5.95. The van der Waals surface area contributed by atoms with E-state index in [1.54, 1.807) is 6.92 Å². The van der Waals surface area contributed by atoms with Gasteiger partial charge in [0.15, 0.2) is 0 Å². The summed E-state index contributed by atoms with van der Waals surface area (Å²) < 4.78 is 0. The Labute approximate surface area is 88.3 Å². The molecule has 2 heteroatoms. The first-order valence-electron chi connectivity index (χ1n) is 5.95. The molecule has 0 bridgehead atoms. The molecule has 0 radical (unpaired) electrons. The van der Waals surface area contributed by atoms with Crippen molar-refractivity contribution in [2.75, 3.05) is 0 Å². The highest BCUT2D eigenvalue weighted by Crippen LogP contribution is 2.21. The van der Waals surface area contributed by atoms with E-state index in [0.717, 1.165) is 25.7 Å². The zero-order chi connectivity index (χ0) is 11.0. The van der Waals surface area contributed by atoms with Crippen LogP contribution < -0.4 is 0 Å². The highest BCUT2D eigenvalue weighted by molar-refractivity contribution is 4.80. The van der Waals surface area contributed by atoms with Gasteiger partial charge in [-0.25, -0.2) is 0 Å². The molecule has 0 aliphatic carbocycles. The molecule has 0 aromatic heterocycles. The van der Waals surface area contributed by atoms with Crippen LogP contribution in [0.2, 0.25) is 0 Å². The van der Waals surface area contributed by atoms with Gasteiger partial charge in [-0.3, -0.25) is 0 Å². The summed E-state index contributed by atoms with van der Waals surface area (Å²) in [5, 5.41) is 19.6. The zero-order valence-corrected chi connectivity index (χ0v) is 9.92. The van der Waals surface area contributed by atoms with Crippen LogP contribution in [-0.2, 0) is 0 Å². The van der Waals surface area contributed by atoms with E-state index in [1.165, 1.54) is 12.8 Å². The largest absolute Gasteiger partial charge is 0.390 e. The lowest BCUT2D eigenvalue weighted by Gasteiger charge is -2.28. The number of rotatable bonds is 8. The van der Waals surface area contributed by atoms with E-state index in [-0.39, 0.29) is 0 Å². The van der Waals surface area contributed by atoms with Crippen LogP contribution in [0, 0.1) is 0 Å². The average Bonchev–Trinajstić information content (AvgIpc) is 2.12. The molecule has 0 spiro atoms. The highest BCUT2D eigenvalue weighted by Gasteiger charge is 2.28. The van der Waals surface area contributed by atoms with Crippen molar-refractivity contribution < 1.29 is 10.2 Å². The Morgan fingerprint density at radius 2 is 1.71 bits per heavy atom. The summed E-state index contributed by atoms with van der Waals surface area (Å²) in [6.45, 7) is 5.93. The maximum Gasteiger partial charge on any atom is 0.0877 e. The maximum absolute atomic E-state index is 9.89. The third-order valence-electron chi connectivity index (χ3n) is 2.81. The van der Waals surface area contributed by atoms with Gasteiger partial charge in [0, 0.05) is 0 Å². The lowest BCUT2D eigenvalue weighted by molar-refractivity contribution is -0.0711. The topological polar surface area (TPSA) is 40.5 Å². The van der Waals surface area contributed by atoms with E-state index in [2.05, 4.69) is 6.92 Å². The van der Waals surface area contributed by atoms with Crippen LogP contribution in [0.4, 0.5) is 0 Å². The van der Waals surface area contributed by atoms with Crippen molar-refractivity contribution in [3.8, 4) is 0 Å². The Balaban J connectivity index is 3.65. The fraction of sp³-hybridized carbons (Fsp3) is 1.00. The van der Waals surface area contributed by atoms with E-state index in [4.69, 9.17) is 0 Å². The number of hydrogen-bond donors (Lipinski definition) is 2. The van der Waals surface area contributed by atoms with Gasteiger partial charge in [-0.05, 0) is 19.8 Å². The Kier molecular flexibility index (Phi) is 7.20. The maximum atomic E-state index is 9.89. The number of aliphatic hydroxyl groups is 2. The summed E-state index contributed by atoms with van der Waals surface area (Å²) in [7, 11) is 0. The molecule has 0 rings (SSSR count). The minimum absolute atomic E-state index is 0.556. The molecule has 0 amide bonds. The predicted octanol–water partition coefficient (Wildman–Crippen LogP) is 2.87. The fourth-order valence-electron chi connectivity index (χ4n) is 1.75. The molecular formula is C12H26O2. The molecule has 0 aliphatic heterocycles. The molecule has 0 aliphatic rings. The molecule has 0 heterocycles. The lowest BCUT2D eigenvalue weighted by Crippen LogP contribution is -2.38. The quantitative estimate of drug-likeness (QED) is 0.594. The molecule has 14 heavy (non-hydrogen) atoms. The second-order valence-electron chi connectivity index (χ2n) is 4.47. The normalized spacial score (nSPS) is 17.8. The van der Waals surface area contributed by atoms with Gasteiger partial charge in [-0.15, -0.1) is 0 Å². The molecule has 0 aromatic carbocycles. The number of unbranched alkanes of at least 4 members (excludes halogenated alkanes) is 3. The van der Waals surface area contributed by atoms with Crippen LogP contribution in [0.3, 0.4) is 0 Å². The molecule has 0 fully saturated rings. The SMILES string of the molecule is CCCCCCC(O)C(C)(O)CCC. The van der Waals surface area contributed by atoms with Gasteiger partial charge in [0.05, 0.1) is 11.7 Å². The Morgan fingerprint density at radius 1 is 1.07 bits per heavy atom. The van der Waals surface area contributed by atoms with Crippen molar-refractivity contribution in [2.24, 2.45) is 0 Å². The monoisotopic (exact) mass is 202 g/mol. The second-order valence-corrected chi connectivity index (χ2v) is 4.47. The summed E-state index contributed by atoms with van der Waals surface area (Å²) in [4.78, 5) is 0. The predicted molar refractivity (Wildman–Crippen MR) is 60.3 cm³/mol. The van der Waals surface area contributed by atoms with Crippen LogP contribution in [0.1, 0.15) is 65.7 Å². The van der Waals surface area contributed by atoms with Gasteiger partial charge in [0.25, 0.3) is 0 Å². The zero-order valence-electron chi connectivity index (χ0n) is 9.92. The summed E-state index contributed by atoms with van der Waals surface area (Å²) in [6.07, 6.45) is 6.39. The van der Waals surface area contributed by atoms with E-state index in [1.807, 2.05) is 6.92 Å². The van der Waals surface area contributed by atoms with Crippen LogP contribution in [0.25, 0.3) is 0 Å². The first-order chi connectivity index (χ1) is 6.54. The average molecular weight is 202 g/mol. The van der Waals surface area contributed by atoms with E-state index < -0.39 is 11.7 Å². The molecule has 2 nitrogen and oxygen atoms in total. The van der Waals surface area contributed by atoms with Gasteiger partial charge in [-0.2, -0.15) is 0 Å². The molecule has 0 saturated heterocycles. The molecular weight excluding hydrogens is 176 g/mol. The summed E-state index contributed by atoms with van der Waals surface area (Å²) in [6, 6.07) is 0. The minimum atomic E-state index is -0.888. The molecule has 2 unspecified atom stereocenters. The van der Waals surface area contributed by atoms with Crippen LogP contribution in [-0.4, -0.2) is 21.9 Å². The van der Waals surface area contributed by atoms with Crippen molar-refractivity contribution in [3.05, 3.63) is 0 Å². The number of hydrogen-bond acceptors (Lipinski definition) is 2. The van der Waals surface area contributed by atoms with Crippen molar-refractivity contribution in [2.45, 2.75) is 77.4 Å². The van der Waals surface area contributed by atoms with Crippen LogP contribution >= 0.6 is 0 Å². The Morgan fingerprint density at radius 3 is 2.21 bits per heavy atom. The van der Waals surface area contributed by atoms with E-state index in [0.29, 0.717) is 6.42 Å². The van der Waals surface area contributed by atoms with Gasteiger partial charge in [0.2, 0.25) is 0 Å². The molecule has 0 aromatic rings. The molecule has 2 atom stereocenters. The number of aliphatic hydroxyl groups excluding tert-OH is 1. The molecule has 0 saturated carbocycles. The lowest BCUT2D eigenvalue weighted by atomic mass is 9.90. The van der Waals surface area contributed by atoms with Crippen LogP contribution in [0.15, 0.2) is 0 Å². The van der Waals surface area contributed by atoms with E-state index in [9.17, 15) is 10.2 Å². The Hall–Kier alpha value is -0.0800. The fourth-order valence-corrected chi connectivity index (χ4v) is 1.75. The van der Waals surface area contributed by atoms with Gasteiger partial charge >= 0.3 is 0 Å². The summed E-state index contributed by atoms with van der Waals surface area (Å²) in [5.41, 5.74) is -0.888. The van der Waals surface area contributed by atoms with Crippen LogP contribution in [0.5, 0.6) is 0 Å². The minimum Gasteiger partial charge on any atom is -0.390 e. The highest BCUT2D eigenvalue weighted by atomic mass is 16.3. The van der Waals surface area contributed by atoms with Gasteiger partial charge in [-0.1, -0.05) is 46.0 Å². The first kappa shape index (κ1) is 13.9. The summed E-state index contributed by atoms with van der Waals surface area (Å²) >= 11 is 0. The van der Waals surface area contributed by atoms with E-state index >= 15 is 0 Å². The third-order valence-corrected chi connectivity index (χ3v) is 2.81. The van der Waals surface area contributed by atoms with Gasteiger partial charge in [0.1, 0.15) is 0 Å². The van der Waals surface area contributed by atoms with Gasteiger partial charge < -0.3 is 10.2 Å². The second kappa shape index (κ2) is 7.24. The van der Waals surface area contributed by atoms with Crippen molar-refractivity contribution in [3.63, 3.8) is 0 Å². The standard InChI is InChI=1S/C12H26O2/c1-4-6-7-8-9-11(13)12(3,14)10-5-2/h11,13-14H,4-10H2,1-3H3. The summed E-state index contributed by atoms with van der Waals surface area (Å²) in [5.74, 6) is 0.